The van der Waals surface area contributed by atoms with E-state index in [1.807, 2.05) is 13.8 Å². The molecule has 1 aliphatic heterocycles. The Morgan fingerprint density at radius 3 is 2.43 bits per heavy atom. The van der Waals surface area contributed by atoms with Crippen molar-refractivity contribution in [1.29, 1.82) is 0 Å². The molecule has 3 N–H and O–H groups in total. The standard InChI is InChI=1S/C15H19NO5/c1-8-5-10(14(16)17)6-9(2)13(8)20-7-11-3-4-12(21-11)15(18)19/h5-6,11-12H,3-4,7H2,1-2H3,(H2,16,17)(H,18,19). The third-order valence-electron chi connectivity index (χ3n) is 3.54. The molecule has 1 amide bonds. The molecule has 1 saturated heterocycles. The summed E-state index contributed by atoms with van der Waals surface area (Å²) in [5, 5.41) is 8.88. The summed E-state index contributed by atoms with van der Waals surface area (Å²) in [6, 6.07) is 3.36. The van der Waals surface area contributed by atoms with Crippen LogP contribution in [0, 0.1) is 13.8 Å². The summed E-state index contributed by atoms with van der Waals surface area (Å²) in [5.74, 6) is -0.728. The van der Waals surface area contributed by atoms with E-state index in [9.17, 15) is 9.59 Å². The maximum atomic E-state index is 11.2. The third kappa shape index (κ3) is 3.52. The van der Waals surface area contributed by atoms with E-state index in [-0.39, 0.29) is 6.10 Å². The van der Waals surface area contributed by atoms with Crippen molar-refractivity contribution in [2.24, 2.45) is 5.73 Å². The van der Waals surface area contributed by atoms with Crippen LogP contribution in [-0.4, -0.2) is 35.8 Å². The number of carboxylic acids is 1. The number of rotatable bonds is 5. The maximum absolute atomic E-state index is 11.2. The van der Waals surface area contributed by atoms with Gasteiger partial charge < -0.3 is 20.3 Å². The first-order valence-corrected chi connectivity index (χ1v) is 6.80. The molecule has 114 valence electrons. The van der Waals surface area contributed by atoms with Gasteiger partial charge in [-0.2, -0.15) is 0 Å². The van der Waals surface area contributed by atoms with Gasteiger partial charge in [0.15, 0.2) is 6.10 Å². The van der Waals surface area contributed by atoms with E-state index in [1.165, 1.54) is 0 Å². The van der Waals surface area contributed by atoms with Gasteiger partial charge >= 0.3 is 5.97 Å². The van der Waals surface area contributed by atoms with E-state index in [1.54, 1.807) is 12.1 Å². The highest BCUT2D eigenvalue weighted by atomic mass is 16.6. The van der Waals surface area contributed by atoms with Crippen LogP contribution in [0.2, 0.25) is 0 Å². The number of carboxylic acid groups (broad SMARTS) is 1. The molecule has 0 aliphatic carbocycles. The fourth-order valence-corrected chi connectivity index (χ4v) is 2.51. The lowest BCUT2D eigenvalue weighted by Crippen LogP contribution is -2.24. The number of aryl methyl sites for hydroxylation is 2. The van der Waals surface area contributed by atoms with Crippen molar-refractivity contribution in [2.45, 2.75) is 38.9 Å². The molecular formula is C15H19NO5. The molecule has 1 aromatic carbocycles. The molecule has 0 spiro atoms. The molecule has 0 aromatic heterocycles. The van der Waals surface area contributed by atoms with Crippen LogP contribution in [0.1, 0.15) is 34.3 Å². The minimum atomic E-state index is -0.935. The Hall–Kier alpha value is -2.08. The molecular weight excluding hydrogens is 274 g/mol. The summed E-state index contributed by atoms with van der Waals surface area (Å²) in [6.45, 7) is 3.97. The summed E-state index contributed by atoms with van der Waals surface area (Å²) in [4.78, 5) is 22.0. The fraction of sp³-hybridized carbons (Fsp3) is 0.467. The number of hydrogen-bond donors (Lipinski definition) is 2. The SMILES string of the molecule is Cc1cc(C(N)=O)cc(C)c1OCC1CCC(C(=O)O)O1. The van der Waals surface area contributed by atoms with Gasteiger partial charge in [0.1, 0.15) is 12.4 Å². The molecule has 21 heavy (non-hydrogen) atoms. The van der Waals surface area contributed by atoms with Crippen molar-refractivity contribution < 1.29 is 24.2 Å². The molecule has 0 saturated carbocycles. The van der Waals surface area contributed by atoms with Gasteiger partial charge in [-0.3, -0.25) is 4.79 Å². The summed E-state index contributed by atoms with van der Waals surface area (Å²) < 4.78 is 11.1. The van der Waals surface area contributed by atoms with E-state index in [2.05, 4.69) is 0 Å². The lowest BCUT2D eigenvalue weighted by Gasteiger charge is -2.16. The highest BCUT2D eigenvalue weighted by Gasteiger charge is 2.30. The molecule has 2 unspecified atom stereocenters. The highest BCUT2D eigenvalue weighted by molar-refractivity contribution is 5.93. The van der Waals surface area contributed by atoms with Crippen molar-refractivity contribution >= 4 is 11.9 Å². The van der Waals surface area contributed by atoms with Gasteiger partial charge in [-0.25, -0.2) is 4.79 Å². The van der Waals surface area contributed by atoms with Crippen LogP contribution in [0.3, 0.4) is 0 Å². The number of amides is 1. The first-order valence-electron chi connectivity index (χ1n) is 6.80. The largest absolute Gasteiger partial charge is 0.490 e. The Bertz CT molecular complexity index is 546. The summed E-state index contributed by atoms with van der Waals surface area (Å²) in [7, 11) is 0. The molecule has 6 heteroatoms. The number of primary amides is 1. The molecule has 1 aromatic rings. The first kappa shape index (κ1) is 15.3. The molecule has 0 bridgehead atoms. The van der Waals surface area contributed by atoms with Crippen LogP contribution >= 0.6 is 0 Å². The van der Waals surface area contributed by atoms with E-state index in [4.69, 9.17) is 20.3 Å². The summed E-state index contributed by atoms with van der Waals surface area (Å²) >= 11 is 0. The topological polar surface area (TPSA) is 98.9 Å². The van der Waals surface area contributed by atoms with Crippen LogP contribution < -0.4 is 10.5 Å². The highest BCUT2D eigenvalue weighted by Crippen LogP contribution is 2.27. The van der Waals surface area contributed by atoms with E-state index >= 15 is 0 Å². The number of hydrogen-bond acceptors (Lipinski definition) is 4. The average molecular weight is 293 g/mol. The second-order valence-electron chi connectivity index (χ2n) is 5.28. The maximum Gasteiger partial charge on any atom is 0.332 e. The minimum absolute atomic E-state index is 0.222. The Morgan fingerprint density at radius 2 is 1.95 bits per heavy atom. The van der Waals surface area contributed by atoms with E-state index in [0.717, 1.165) is 11.1 Å². The zero-order chi connectivity index (χ0) is 15.6. The van der Waals surface area contributed by atoms with Crippen molar-refractivity contribution in [3.63, 3.8) is 0 Å². The zero-order valence-corrected chi connectivity index (χ0v) is 12.1. The summed E-state index contributed by atoms with van der Waals surface area (Å²) in [5.41, 5.74) is 7.34. The molecule has 1 aliphatic rings. The summed E-state index contributed by atoms with van der Waals surface area (Å²) in [6.07, 6.45) is 0.204. The van der Waals surface area contributed by atoms with Crippen LogP contribution in [0.4, 0.5) is 0 Å². The average Bonchev–Trinajstić information content (AvgIpc) is 2.86. The van der Waals surface area contributed by atoms with E-state index in [0.29, 0.717) is 30.8 Å². The van der Waals surface area contributed by atoms with Gasteiger partial charge in [0.2, 0.25) is 5.91 Å². The second-order valence-corrected chi connectivity index (χ2v) is 5.28. The van der Waals surface area contributed by atoms with E-state index < -0.39 is 18.0 Å². The van der Waals surface area contributed by atoms with Gasteiger partial charge in [0, 0.05) is 5.56 Å². The predicted molar refractivity (Wildman–Crippen MR) is 75.5 cm³/mol. The lowest BCUT2D eigenvalue weighted by molar-refractivity contribution is -0.149. The number of aliphatic carboxylic acids is 1. The number of nitrogens with two attached hydrogens (primary N) is 1. The van der Waals surface area contributed by atoms with Gasteiger partial charge in [0.25, 0.3) is 0 Å². The van der Waals surface area contributed by atoms with Crippen LogP contribution in [0.5, 0.6) is 5.75 Å². The number of carbonyl (C=O) groups is 2. The van der Waals surface area contributed by atoms with Crippen molar-refractivity contribution in [2.75, 3.05) is 6.61 Å². The number of carbonyl (C=O) groups excluding carboxylic acids is 1. The van der Waals surface area contributed by atoms with Gasteiger partial charge in [-0.1, -0.05) is 0 Å². The normalized spacial score (nSPS) is 21.2. The van der Waals surface area contributed by atoms with Gasteiger partial charge in [-0.15, -0.1) is 0 Å². The van der Waals surface area contributed by atoms with Crippen LogP contribution in [0.25, 0.3) is 0 Å². The quantitative estimate of drug-likeness (QED) is 0.855. The second kappa shape index (κ2) is 6.13. The number of ether oxygens (including phenoxy) is 2. The van der Waals surface area contributed by atoms with Crippen molar-refractivity contribution in [1.82, 2.24) is 0 Å². The fourth-order valence-electron chi connectivity index (χ4n) is 2.51. The van der Waals surface area contributed by atoms with Gasteiger partial charge in [-0.05, 0) is 49.9 Å². The Morgan fingerprint density at radius 1 is 1.33 bits per heavy atom. The molecule has 2 atom stereocenters. The monoisotopic (exact) mass is 293 g/mol. The Labute approximate surface area is 122 Å². The first-order chi connectivity index (χ1) is 9.88. The zero-order valence-electron chi connectivity index (χ0n) is 12.1. The van der Waals surface area contributed by atoms with Crippen LogP contribution in [-0.2, 0) is 9.53 Å². The molecule has 6 nitrogen and oxygen atoms in total. The molecule has 0 radical (unpaired) electrons. The Balaban J connectivity index is 2.01. The van der Waals surface area contributed by atoms with Crippen LogP contribution in [0.15, 0.2) is 12.1 Å². The predicted octanol–water partition coefficient (Wildman–Crippen LogP) is 1.41. The lowest BCUT2D eigenvalue weighted by atomic mass is 10.1. The number of benzene rings is 1. The van der Waals surface area contributed by atoms with Crippen molar-refractivity contribution in [3.8, 4) is 5.75 Å². The minimum Gasteiger partial charge on any atom is -0.490 e. The smallest absolute Gasteiger partial charge is 0.332 e. The molecule has 1 heterocycles. The third-order valence-corrected chi connectivity index (χ3v) is 3.54. The van der Waals surface area contributed by atoms with Crippen molar-refractivity contribution in [3.05, 3.63) is 28.8 Å². The van der Waals surface area contributed by atoms with Gasteiger partial charge in [0.05, 0.1) is 6.10 Å². The molecule has 1 fully saturated rings. The Kier molecular flexibility index (Phi) is 4.47. The molecule has 2 rings (SSSR count).